The molecule has 0 radical (unpaired) electrons. The van der Waals surface area contributed by atoms with Crippen molar-refractivity contribution in [2.75, 3.05) is 40.0 Å². The van der Waals surface area contributed by atoms with Gasteiger partial charge in [0.2, 0.25) is 0 Å². The van der Waals surface area contributed by atoms with Crippen LogP contribution in [0, 0.1) is 12.8 Å². The fraction of sp³-hybridized carbons (Fsp3) is 0.773. The monoisotopic (exact) mass is 579 g/mol. The number of aromatic nitrogens is 1. The maximum Gasteiger partial charge on any atom is 0.490 e. The highest BCUT2D eigenvalue weighted by Crippen LogP contribution is 2.36. The van der Waals surface area contributed by atoms with Gasteiger partial charge in [0.25, 0.3) is 0 Å². The van der Waals surface area contributed by atoms with E-state index in [9.17, 15) is 26.3 Å². The molecule has 0 aliphatic carbocycles. The van der Waals surface area contributed by atoms with Gasteiger partial charge in [0.1, 0.15) is 0 Å². The van der Waals surface area contributed by atoms with Crippen LogP contribution in [-0.4, -0.2) is 107 Å². The van der Waals surface area contributed by atoms with E-state index in [0.717, 1.165) is 32.8 Å². The minimum Gasteiger partial charge on any atom is -0.475 e. The second-order valence-corrected chi connectivity index (χ2v) is 10.1. The smallest absolute Gasteiger partial charge is 0.475 e. The number of fused-ring (bicyclic) bond motifs is 1. The summed E-state index contributed by atoms with van der Waals surface area (Å²) in [5.74, 6) is -4.88. The third-order valence-corrected chi connectivity index (χ3v) is 7.31. The van der Waals surface area contributed by atoms with Crippen LogP contribution in [-0.2, 0) is 25.6 Å². The van der Waals surface area contributed by atoms with Crippen molar-refractivity contribution < 1.29 is 55.6 Å². The van der Waals surface area contributed by atoms with Gasteiger partial charge in [-0.15, -0.1) is 11.3 Å². The number of methoxy groups -OCH3 is 1. The number of alkyl halides is 6. The molecule has 0 aromatic carbocycles. The summed E-state index contributed by atoms with van der Waals surface area (Å²) in [5, 5.41) is 17.6. The van der Waals surface area contributed by atoms with Crippen molar-refractivity contribution in [1.82, 2.24) is 14.8 Å². The number of carboxylic acid groups (broad SMARTS) is 2. The molecule has 1 aromatic heterocycles. The molecule has 218 valence electrons. The van der Waals surface area contributed by atoms with E-state index >= 15 is 0 Å². The molecule has 0 saturated carbocycles. The van der Waals surface area contributed by atoms with Crippen LogP contribution in [0.3, 0.4) is 0 Å². The largest absolute Gasteiger partial charge is 0.490 e. The first-order valence-electron chi connectivity index (χ1n) is 11.7. The summed E-state index contributed by atoms with van der Waals surface area (Å²) in [4.78, 5) is 27.8. The van der Waals surface area contributed by atoms with E-state index in [-0.39, 0.29) is 0 Å². The molecular weight excluding hydrogens is 548 g/mol. The van der Waals surface area contributed by atoms with Gasteiger partial charge in [-0.1, -0.05) is 0 Å². The summed E-state index contributed by atoms with van der Waals surface area (Å²) in [6, 6.07) is 1.33. The molecular formula is C22H31F6N3O6S. The minimum absolute atomic E-state index is 0.410. The van der Waals surface area contributed by atoms with Crippen molar-refractivity contribution in [3.63, 3.8) is 0 Å². The molecule has 3 aliphatic rings. The number of aliphatic carboxylic acids is 2. The van der Waals surface area contributed by atoms with Gasteiger partial charge < -0.3 is 19.7 Å². The Labute approximate surface area is 219 Å². The Morgan fingerprint density at radius 2 is 1.63 bits per heavy atom. The molecule has 38 heavy (non-hydrogen) atoms. The fourth-order valence-corrected chi connectivity index (χ4v) is 5.47. The first kappa shape index (κ1) is 32.2. The fourth-order valence-electron chi connectivity index (χ4n) is 4.87. The minimum atomic E-state index is -5.08. The number of hydrogen-bond donors (Lipinski definition) is 2. The van der Waals surface area contributed by atoms with E-state index in [1.165, 1.54) is 36.5 Å². The zero-order valence-corrected chi connectivity index (χ0v) is 21.6. The van der Waals surface area contributed by atoms with Crippen molar-refractivity contribution in [2.24, 2.45) is 5.92 Å². The zero-order chi connectivity index (χ0) is 28.7. The number of hydrogen-bond acceptors (Lipinski definition) is 8. The Morgan fingerprint density at radius 1 is 1.08 bits per heavy atom. The lowest BCUT2D eigenvalue weighted by Crippen LogP contribution is -2.56. The van der Waals surface area contributed by atoms with Crippen LogP contribution < -0.4 is 0 Å². The Balaban J connectivity index is 0.000000301. The molecule has 3 atom stereocenters. The molecule has 0 unspecified atom stereocenters. The molecule has 16 heteroatoms. The van der Waals surface area contributed by atoms with E-state index in [1.807, 2.05) is 7.11 Å². The summed E-state index contributed by atoms with van der Waals surface area (Å²) in [5.41, 5.74) is 1.22. The van der Waals surface area contributed by atoms with E-state index < -0.39 is 24.3 Å². The highest BCUT2D eigenvalue weighted by Gasteiger charge is 2.46. The Hall–Kier alpha value is -2.01. The maximum absolute atomic E-state index is 10.6. The summed E-state index contributed by atoms with van der Waals surface area (Å²) in [7, 11) is 1.89. The molecule has 2 N–H and O–H groups in total. The summed E-state index contributed by atoms with van der Waals surface area (Å²) in [6.07, 6.45) is -6.22. The van der Waals surface area contributed by atoms with Gasteiger partial charge in [0.05, 0.1) is 16.8 Å². The number of thiazole rings is 1. The molecule has 0 bridgehead atoms. The van der Waals surface area contributed by atoms with Crippen LogP contribution in [0.15, 0.2) is 5.38 Å². The average Bonchev–Trinajstić information content (AvgIpc) is 3.44. The number of ether oxygens (including phenoxy) is 2. The van der Waals surface area contributed by atoms with Gasteiger partial charge in [-0.3, -0.25) is 9.80 Å². The second kappa shape index (κ2) is 13.9. The van der Waals surface area contributed by atoms with Gasteiger partial charge in [0.15, 0.2) is 0 Å². The lowest BCUT2D eigenvalue weighted by molar-refractivity contribution is -0.193. The number of aryl methyl sites for hydroxylation is 1. The van der Waals surface area contributed by atoms with Crippen LogP contribution >= 0.6 is 11.3 Å². The van der Waals surface area contributed by atoms with Gasteiger partial charge in [0, 0.05) is 69.9 Å². The van der Waals surface area contributed by atoms with Crippen LogP contribution in [0.25, 0.3) is 0 Å². The Morgan fingerprint density at radius 3 is 2.08 bits per heavy atom. The molecule has 3 fully saturated rings. The predicted molar refractivity (Wildman–Crippen MR) is 123 cm³/mol. The van der Waals surface area contributed by atoms with Gasteiger partial charge in [-0.05, 0) is 26.2 Å². The van der Waals surface area contributed by atoms with Gasteiger partial charge >= 0.3 is 24.3 Å². The van der Waals surface area contributed by atoms with Crippen molar-refractivity contribution in [2.45, 2.75) is 63.3 Å². The molecule has 9 nitrogen and oxygen atoms in total. The lowest BCUT2D eigenvalue weighted by Gasteiger charge is -2.46. The molecule has 0 amide bonds. The molecule has 4 heterocycles. The highest BCUT2D eigenvalue weighted by atomic mass is 32.1. The first-order chi connectivity index (χ1) is 17.6. The second-order valence-electron chi connectivity index (χ2n) is 9.03. The molecule has 0 spiro atoms. The highest BCUT2D eigenvalue weighted by molar-refractivity contribution is 7.09. The normalized spacial score (nSPS) is 25.0. The number of piperidine rings is 1. The van der Waals surface area contributed by atoms with E-state index in [0.29, 0.717) is 24.1 Å². The maximum atomic E-state index is 10.6. The molecule has 1 aromatic rings. The van der Waals surface area contributed by atoms with Gasteiger partial charge in [-0.25, -0.2) is 14.6 Å². The summed E-state index contributed by atoms with van der Waals surface area (Å²) in [6.45, 7) is 8.38. The molecule has 3 aliphatic heterocycles. The average molecular weight is 580 g/mol. The predicted octanol–water partition coefficient (Wildman–Crippen LogP) is 3.42. The van der Waals surface area contributed by atoms with E-state index in [2.05, 4.69) is 27.1 Å². The summed E-state index contributed by atoms with van der Waals surface area (Å²) >= 11 is 1.75. The third-order valence-electron chi connectivity index (χ3n) is 6.48. The van der Waals surface area contributed by atoms with E-state index in [1.54, 1.807) is 11.3 Å². The quantitative estimate of drug-likeness (QED) is 0.519. The number of nitrogens with zero attached hydrogens (tertiary/aromatic N) is 3. The van der Waals surface area contributed by atoms with Crippen LogP contribution in [0.1, 0.15) is 30.0 Å². The number of carbonyl (C=O) groups is 2. The van der Waals surface area contributed by atoms with Crippen LogP contribution in [0.4, 0.5) is 26.3 Å². The zero-order valence-electron chi connectivity index (χ0n) is 20.8. The standard InChI is InChI=1S/C18H29N3O2S.2C2HF3O2/c1-13-19-14(12-24-13)9-20-10-16-17(11-20)21(6-3-18(16)22-2)15-4-7-23-8-5-15;2*3-2(4,5)1(6)7/h12,15-18H,3-11H2,1-2H3;2*(H,6,7)/t16-,17+,18+;;/m0../s1. The third kappa shape index (κ3) is 9.63. The topological polar surface area (TPSA) is 112 Å². The molecule has 3 saturated heterocycles. The SMILES string of the molecule is CO[C@@H]1CCN(C2CCOCC2)[C@@H]2CN(Cc3csc(C)n3)C[C@@H]21.O=C(O)C(F)(F)F.O=C(O)C(F)(F)F. The van der Waals surface area contributed by atoms with Gasteiger partial charge in [-0.2, -0.15) is 26.3 Å². The van der Waals surface area contributed by atoms with Crippen LogP contribution in [0.2, 0.25) is 0 Å². The summed E-state index contributed by atoms with van der Waals surface area (Å²) < 4.78 is 74.9. The van der Waals surface area contributed by atoms with Crippen molar-refractivity contribution in [3.05, 3.63) is 16.1 Å². The first-order valence-corrected chi connectivity index (χ1v) is 12.6. The van der Waals surface area contributed by atoms with Crippen LogP contribution in [0.5, 0.6) is 0 Å². The number of rotatable bonds is 4. The number of halogens is 6. The molecule has 4 rings (SSSR count). The lowest BCUT2D eigenvalue weighted by atomic mass is 9.87. The van der Waals surface area contributed by atoms with Crippen molar-refractivity contribution in [3.8, 4) is 0 Å². The van der Waals surface area contributed by atoms with E-state index in [4.69, 9.17) is 29.3 Å². The van der Waals surface area contributed by atoms with Crippen molar-refractivity contribution >= 4 is 23.3 Å². The number of carboxylic acids is 2. The Bertz CT molecular complexity index is 885. The Kier molecular flexibility index (Phi) is 11.8. The van der Waals surface area contributed by atoms with Crippen molar-refractivity contribution in [1.29, 1.82) is 0 Å². The number of likely N-dealkylation sites (tertiary alicyclic amines) is 2.